The van der Waals surface area contributed by atoms with Gasteiger partial charge in [0.05, 0.1) is 18.2 Å². The SMILES string of the molecule is COc1ccc(N2C(=O)[C@@H](N3C(=O)c4ccccc4C3=O)[C@H]2C(=O)O)cc1. The van der Waals surface area contributed by atoms with Gasteiger partial charge in [-0.05, 0) is 36.4 Å². The van der Waals surface area contributed by atoms with E-state index < -0.39 is 35.8 Å². The van der Waals surface area contributed by atoms with Crippen molar-refractivity contribution in [1.82, 2.24) is 4.90 Å². The first-order valence-electron chi connectivity index (χ1n) is 8.12. The zero-order valence-corrected chi connectivity index (χ0v) is 14.2. The third kappa shape index (κ3) is 2.30. The van der Waals surface area contributed by atoms with E-state index in [0.29, 0.717) is 11.4 Å². The molecule has 1 saturated heterocycles. The Morgan fingerprint density at radius 3 is 1.96 bits per heavy atom. The Labute approximate surface area is 153 Å². The Hall–Kier alpha value is -3.68. The quantitative estimate of drug-likeness (QED) is 0.643. The molecular weight excluding hydrogens is 352 g/mol. The molecule has 3 amide bonds. The van der Waals surface area contributed by atoms with Crippen LogP contribution in [0.2, 0.25) is 0 Å². The maximum absolute atomic E-state index is 12.7. The van der Waals surface area contributed by atoms with Crippen molar-refractivity contribution in [2.45, 2.75) is 12.1 Å². The van der Waals surface area contributed by atoms with Crippen molar-refractivity contribution >= 4 is 29.4 Å². The highest BCUT2D eigenvalue weighted by Gasteiger charge is 2.59. The maximum atomic E-state index is 12.7. The van der Waals surface area contributed by atoms with Crippen molar-refractivity contribution in [3.63, 3.8) is 0 Å². The molecule has 8 nitrogen and oxygen atoms in total. The molecule has 0 aliphatic carbocycles. The smallest absolute Gasteiger partial charge is 0.329 e. The van der Waals surface area contributed by atoms with Crippen molar-refractivity contribution < 1.29 is 29.0 Å². The lowest BCUT2D eigenvalue weighted by Crippen LogP contribution is -2.74. The van der Waals surface area contributed by atoms with Gasteiger partial charge in [0, 0.05) is 5.69 Å². The summed E-state index contributed by atoms with van der Waals surface area (Å²) >= 11 is 0. The summed E-state index contributed by atoms with van der Waals surface area (Å²) in [5.74, 6) is -2.69. The topological polar surface area (TPSA) is 104 Å². The summed E-state index contributed by atoms with van der Waals surface area (Å²) in [6.07, 6.45) is 0. The summed E-state index contributed by atoms with van der Waals surface area (Å²) in [5, 5.41) is 9.64. The van der Waals surface area contributed by atoms with Crippen LogP contribution in [0.1, 0.15) is 20.7 Å². The van der Waals surface area contributed by atoms with Crippen LogP contribution in [0.5, 0.6) is 5.75 Å². The van der Waals surface area contributed by atoms with E-state index in [1.165, 1.54) is 19.2 Å². The Balaban J connectivity index is 1.69. The van der Waals surface area contributed by atoms with E-state index in [0.717, 1.165) is 9.80 Å². The molecular formula is C19H14N2O6. The predicted octanol–water partition coefficient (Wildman–Crippen LogP) is 1.16. The summed E-state index contributed by atoms with van der Waals surface area (Å²) in [6.45, 7) is 0. The molecule has 0 bridgehead atoms. The van der Waals surface area contributed by atoms with Gasteiger partial charge in [0.1, 0.15) is 5.75 Å². The molecule has 8 heteroatoms. The van der Waals surface area contributed by atoms with Gasteiger partial charge in [-0.3, -0.25) is 24.2 Å². The van der Waals surface area contributed by atoms with Gasteiger partial charge in [-0.1, -0.05) is 12.1 Å². The molecule has 0 radical (unpaired) electrons. The first-order chi connectivity index (χ1) is 13.0. The fourth-order valence-electron chi connectivity index (χ4n) is 3.46. The number of ether oxygens (including phenoxy) is 1. The number of hydrogen-bond acceptors (Lipinski definition) is 5. The Bertz CT molecular complexity index is 949. The number of nitrogens with zero attached hydrogens (tertiary/aromatic N) is 2. The minimum Gasteiger partial charge on any atom is -0.497 e. The largest absolute Gasteiger partial charge is 0.497 e. The van der Waals surface area contributed by atoms with E-state index in [-0.39, 0.29) is 11.1 Å². The summed E-state index contributed by atoms with van der Waals surface area (Å²) in [5.41, 5.74) is 0.686. The summed E-state index contributed by atoms with van der Waals surface area (Å²) < 4.78 is 5.05. The van der Waals surface area contributed by atoms with Gasteiger partial charge in [0.2, 0.25) is 0 Å². The normalized spacial score (nSPS) is 21.1. The van der Waals surface area contributed by atoms with Crippen molar-refractivity contribution in [1.29, 1.82) is 0 Å². The van der Waals surface area contributed by atoms with Gasteiger partial charge in [-0.15, -0.1) is 0 Å². The molecule has 0 saturated carbocycles. The van der Waals surface area contributed by atoms with Crippen molar-refractivity contribution in [3.05, 3.63) is 59.7 Å². The number of β-lactam (4-membered cyclic amide) rings is 1. The minimum atomic E-state index is -1.38. The summed E-state index contributed by atoms with van der Waals surface area (Å²) in [6, 6.07) is 9.73. The molecule has 2 aliphatic heterocycles. The van der Waals surface area contributed by atoms with Crippen molar-refractivity contribution in [3.8, 4) is 5.75 Å². The van der Waals surface area contributed by atoms with Crippen molar-refractivity contribution in [2.75, 3.05) is 12.0 Å². The Morgan fingerprint density at radius 1 is 0.926 bits per heavy atom. The van der Waals surface area contributed by atoms with E-state index >= 15 is 0 Å². The third-order valence-electron chi connectivity index (χ3n) is 4.77. The molecule has 2 aromatic rings. The molecule has 2 atom stereocenters. The minimum absolute atomic E-state index is 0.169. The van der Waals surface area contributed by atoms with Gasteiger partial charge in [0.15, 0.2) is 12.1 Å². The highest BCUT2D eigenvalue weighted by Crippen LogP contribution is 2.36. The molecule has 2 aliphatic rings. The molecule has 1 N–H and O–H groups in total. The average Bonchev–Trinajstić information content (AvgIpc) is 2.92. The first kappa shape index (κ1) is 16.8. The van der Waals surface area contributed by atoms with Crippen LogP contribution < -0.4 is 9.64 Å². The number of carbonyl (C=O) groups is 4. The lowest BCUT2D eigenvalue weighted by Gasteiger charge is -2.47. The van der Waals surface area contributed by atoms with Crippen LogP contribution in [0.4, 0.5) is 5.69 Å². The number of anilines is 1. The fourth-order valence-corrected chi connectivity index (χ4v) is 3.46. The second kappa shape index (κ2) is 5.94. The molecule has 136 valence electrons. The average molecular weight is 366 g/mol. The van der Waals surface area contributed by atoms with Crippen LogP contribution in [0.3, 0.4) is 0 Å². The number of carbonyl (C=O) groups excluding carboxylic acids is 3. The number of benzene rings is 2. The fraction of sp³-hybridized carbons (Fsp3) is 0.158. The number of carboxylic acids is 1. The first-order valence-corrected chi connectivity index (χ1v) is 8.12. The molecule has 4 rings (SSSR count). The van der Waals surface area contributed by atoms with E-state index in [9.17, 15) is 24.3 Å². The second-order valence-corrected chi connectivity index (χ2v) is 6.16. The number of carboxylic acid groups (broad SMARTS) is 1. The highest BCUT2D eigenvalue weighted by molar-refractivity contribution is 6.26. The molecule has 2 heterocycles. The molecule has 27 heavy (non-hydrogen) atoms. The van der Waals surface area contributed by atoms with Gasteiger partial charge in [0.25, 0.3) is 17.7 Å². The number of imide groups is 1. The highest BCUT2D eigenvalue weighted by atomic mass is 16.5. The van der Waals surface area contributed by atoms with Crippen LogP contribution in [-0.2, 0) is 9.59 Å². The number of amides is 3. The van der Waals surface area contributed by atoms with Gasteiger partial charge < -0.3 is 9.84 Å². The summed E-state index contributed by atoms with van der Waals surface area (Å²) in [7, 11) is 1.49. The number of aliphatic carboxylic acids is 1. The van der Waals surface area contributed by atoms with Crippen molar-refractivity contribution in [2.24, 2.45) is 0 Å². The lowest BCUT2D eigenvalue weighted by molar-refractivity contribution is -0.148. The van der Waals surface area contributed by atoms with Crippen LogP contribution in [0.25, 0.3) is 0 Å². The Kier molecular flexibility index (Phi) is 3.69. The van der Waals surface area contributed by atoms with E-state index in [2.05, 4.69) is 0 Å². The summed E-state index contributed by atoms with van der Waals surface area (Å²) in [4.78, 5) is 51.6. The third-order valence-corrected chi connectivity index (χ3v) is 4.77. The number of rotatable bonds is 4. The molecule has 1 fully saturated rings. The van der Waals surface area contributed by atoms with Crippen LogP contribution in [0.15, 0.2) is 48.5 Å². The number of fused-ring (bicyclic) bond motifs is 1. The predicted molar refractivity (Wildman–Crippen MR) is 92.6 cm³/mol. The van der Waals surface area contributed by atoms with Crippen LogP contribution in [0, 0.1) is 0 Å². The zero-order chi connectivity index (χ0) is 19.3. The van der Waals surface area contributed by atoms with E-state index in [1.54, 1.807) is 36.4 Å². The van der Waals surface area contributed by atoms with Gasteiger partial charge in [-0.25, -0.2) is 4.79 Å². The molecule has 0 spiro atoms. The monoisotopic (exact) mass is 366 g/mol. The van der Waals surface area contributed by atoms with Gasteiger partial charge in [-0.2, -0.15) is 0 Å². The molecule has 0 unspecified atom stereocenters. The van der Waals surface area contributed by atoms with E-state index in [1.807, 2.05) is 0 Å². The molecule has 2 aromatic carbocycles. The number of hydrogen-bond donors (Lipinski definition) is 1. The second-order valence-electron chi connectivity index (χ2n) is 6.16. The van der Waals surface area contributed by atoms with E-state index in [4.69, 9.17) is 4.74 Å². The number of methoxy groups -OCH3 is 1. The lowest BCUT2D eigenvalue weighted by atomic mass is 9.92. The zero-order valence-electron chi connectivity index (χ0n) is 14.2. The van der Waals surface area contributed by atoms with Gasteiger partial charge >= 0.3 is 5.97 Å². The maximum Gasteiger partial charge on any atom is 0.329 e. The standard InChI is InChI=1S/C19H14N2O6/c1-27-11-8-6-10(7-9-11)20-15(19(25)26)14(18(20)24)21-16(22)12-4-2-3-5-13(12)17(21)23/h2-9,14-15H,1H3,(H,25,26)/t14-,15-/m0/s1. The molecule has 0 aromatic heterocycles. The van der Waals surface area contributed by atoms with Crippen LogP contribution in [-0.4, -0.2) is 52.9 Å². The van der Waals surface area contributed by atoms with Crippen LogP contribution >= 0.6 is 0 Å². The Morgan fingerprint density at radius 2 is 1.48 bits per heavy atom.